The highest BCUT2D eigenvalue weighted by Gasteiger charge is 2.27. The molecule has 1 atom stereocenters. The molecule has 0 radical (unpaired) electrons. The zero-order valence-electron chi connectivity index (χ0n) is 9.12. The highest BCUT2D eigenvalue weighted by atomic mass is 35.5. The molecular weight excluding hydrogens is 240 g/mol. The Balaban J connectivity index is 1.89. The van der Waals surface area contributed by atoms with Crippen molar-refractivity contribution in [1.29, 1.82) is 0 Å². The van der Waals surface area contributed by atoms with Crippen LogP contribution in [0.3, 0.4) is 0 Å². The Morgan fingerprint density at radius 1 is 1.47 bits per heavy atom. The maximum absolute atomic E-state index is 9.95. The topological polar surface area (TPSA) is 67.3 Å². The minimum Gasteiger partial charge on any atom is -0.398 e. The average Bonchev–Trinajstić information content (AvgIpc) is 3.02. The third-order valence-electron chi connectivity index (χ3n) is 2.91. The molecule has 90 valence electrons. The predicted octanol–water partition coefficient (Wildman–Crippen LogP) is 1.28. The second-order valence-electron chi connectivity index (χ2n) is 4.32. The number of aromatic nitrogens is 2. The summed E-state index contributed by atoms with van der Waals surface area (Å²) in [5.74, 6) is 0.651. The van der Waals surface area contributed by atoms with E-state index in [2.05, 4.69) is 5.10 Å². The molecule has 1 saturated carbocycles. The first-order chi connectivity index (χ1) is 8.15. The molecule has 1 aromatic rings. The van der Waals surface area contributed by atoms with Crippen LogP contribution in [0.2, 0.25) is 0 Å². The average molecular weight is 253 g/mol. The van der Waals surface area contributed by atoms with Crippen LogP contribution in [0.4, 0.5) is 5.82 Å². The Morgan fingerprint density at radius 3 is 2.94 bits per heavy atom. The van der Waals surface area contributed by atoms with Crippen LogP contribution in [0.25, 0.3) is 0 Å². The molecule has 3 rings (SSSR count). The maximum Gasteiger partial charge on any atom is 0.172 e. The van der Waals surface area contributed by atoms with Gasteiger partial charge < -0.3 is 10.8 Å². The summed E-state index contributed by atoms with van der Waals surface area (Å²) in [7, 11) is 0. The first-order valence-electron chi connectivity index (χ1n) is 5.51. The van der Waals surface area contributed by atoms with Gasteiger partial charge in [-0.1, -0.05) is 11.6 Å². The Hall–Kier alpha value is -1.46. The number of aliphatic hydroxyl groups excluding tert-OH is 1. The van der Waals surface area contributed by atoms with E-state index in [9.17, 15) is 5.11 Å². The van der Waals surface area contributed by atoms with E-state index in [-0.39, 0.29) is 0 Å². The van der Waals surface area contributed by atoms with E-state index in [0.29, 0.717) is 22.6 Å². The molecular formula is C11H13ClN4O. The standard InChI is InChI=1S/C11H13ClN4O/c12-7-5-9(13)11(17)15(6-7)10-3-4-16(14-10)8-1-2-8/h3-6,8,11,17H,1-2,13H2. The monoisotopic (exact) mass is 252 g/mol. The van der Waals surface area contributed by atoms with Gasteiger partial charge in [-0.15, -0.1) is 0 Å². The van der Waals surface area contributed by atoms with Gasteiger partial charge in [0.1, 0.15) is 0 Å². The number of nitrogens with two attached hydrogens (primary N) is 1. The smallest absolute Gasteiger partial charge is 0.172 e. The normalized spacial score (nSPS) is 24.6. The summed E-state index contributed by atoms with van der Waals surface area (Å²) in [6.07, 6.45) is 6.52. The van der Waals surface area contributed by atoms with Crippen molar-refractivity contribution in [3.63, 3.8) is 0 Å². The van der Waals surface area contributed by atoms with Gasteiger partial charge in [0.2, 0.25) is 0 Å². The van der Waals surface area contributed by atoms with Crippen LogP contribution >= 0.6 is 11.6 Å². The van der Waals surface area contributed by atoms with Crippen molar-refractivity contribution in [3.8, 4) is 0 Å². The van der Waals surface area contributed by atoms with Gasteiger partial charge in [0.15, 0.2) is 12.0 Å². The quantitative estimate of drug-likeness (QED) is 0.832. The van der Waals surface area contributed by atoms with E-state index in [0.717, 1.165) is 0 Å². The number of hydrogen-bond acceptors (Lipinski definition) is 4. The Bertz CT molecular complexity index is 503. The molecule has 2 aliphatic rings. The lowest BCUT2D eigenvalue weighted by Crippen LogP contribution is -2.37. The van der Waals surface area contributed by atoms with Crippen molar-refractivity contribution >= 4 is 17.4 Å². The maximum atomic E-state index is 9.95. The fourth-order valence-electron chi connectivity index (χ4n) is 1.83. The van der Waals surface area contributed by atoms with Gasteiger partial charge in [-0.3, -0.25) is 9.58 Å². The first kappa shape index (κ1) is 10.7. The van der Waals surface area contributed by atoms with Crippen LogP contribution in [-0.4, -0.2) is 21.1 Å². The second kappa shape index (κ2) is 3.78. The number of halogens is 1. The number of anilines is 1. The molecule has 3 N–H and O–H groups in total. The zero-order valence-corrected chi connectivity index (χ0v) is 9.88. The van der Waals surface area contributed by atoms with Crippen molar-refractivity contribution in [3.05, 3.63) is 35.3 Å². The lowest BCUT2D eigenvalue weighted by Gasteiger charge is -2.27. The van der Waals surface area contributed by atoms with E-state index in [4.69, 9.17) is 17.3 Å². The molecule has 17 heavy (non-hydrogen) atoms. The summed E-state index contributed by atoms with van der Waals surface area (Å²) in [6, 6.07) is 2.36. The minimum absolute atomic E-state index is 0.318. The van der Waals surface area contributed by atoms with Crippen LogP contribution in [-0.2, 0) is 0 Å². The van der Waals surface area contributed by atoms with Gasteiger partial charge in [-0.2, -0.15) is 5.10 Å². The number of nitrogens with zero attached hydrogens (tertiary/aromatic N) is 3. The Labute approximate surface area is 104 Å². The van der Waals surface area contributed by atoms with Gasteiger partial charge in [-0.05, 0) is 18.9 Å². The van der Waals surface area contributed by atoms with Crippen molar-refractivity contribution in [2.24, 2.45) is 5.73 Å². The van der Waals surface area contributed by atoms with Crippen molar-refractivity contribution in [1.82, 2.24) is 9.78 Å². The van der Waals surface area contributed by atoms with E-state index >= 15 is 0 Å². The number of aliphatic hydroxyl groups is 1. The Morgan fingerprint density at radius 2 is 2.24 bits per heavy atom. The van der Waals surface area contributed by atoms with Gasteiger partial charge >= 0.3 is 0 Å². The van der Waals surface area contributed by atoms with E-state index in [1.807, 2.05) is 16.9 Å². The van der Waals surface area contributed by atoms with Gasteiger partial charge in [0.05, 0.1) is 16.8 Å². The molecule has 1 aliphatic carbocycles. The number of rotatable bonds is 2. The summed E-state index contributed by atoms with van der Waals surface area (Å²) < 4.78 is 1.91. The van der Waals surface area contributed by atoms with Crippen molar-refractivity contribution < 1.29 is 5.11 Å². The third kappa shape index (κ3) is 1.92. The minimum atomic E-state index is -0.903. The number of allylic oxidation sites excluding steroid dienone is 2. The van der Waals surface area contributed by atoms with Crippen LogP contribution in [0.5, 0.6) is 0 Å². The predicted molar refractivity (Wildman–Crippen MR) is 65.2 cm³/mol. The van der Waals surface area contributed by atoms with E-state index in [1.165, 1.54) is 12.8 Å². The molecule has 5 nitrogen and oxygen atoms in total. The highest BCUT2D eigenvalue weighted by molar-refractivity contribution is 6.31. The van der Waals surface area contributed by atoms with Gasteiger partial charge in [0, 0.05) is 18.5 Å². The Kier molecular flexibility index (Phi) is 2.38. The second-order valence-corrected chi connectivity index (χ2v) is 4.76. The molecule has 1 fully saturated rings. The molecule has 6 heteroatoms. The molecule has 1 unspecified atom stereocenters. The zero-order chi connectivity index (χ0) is 12.0. The summed E-state index contributed by atoms with van der Waals surface area (Å²) in [6.45, 7) is 0. The van der Waals surface area contributed by atoms with Crippen molar-refractivity contribution in [2.75, 3.05) is 4.90 Å². The van der Waals surface area contributed by atoms with Crippen LogP contribution in [0.15, 0.2) is 35.3 Å². The summed E-state index contributed by atoms with van der Waals surface area (Å²) >= 11 is 5.92. The van der Waals surface area contributed by atoms with Crippen molar-refractivity contribution in [2.45, 2.75) is 25.1 Å². The lowest BCUT2D eigenvalue weighted by molar-refractivity contribution is 0.211. The molecule has 0 bridgehead atoms. The third-order valence-corrected chi connectivity index (χ3v) is 3.12. The molecule has 0 saturated heterocycles. The number of hydrogen-bond donors (Lipinski definition) is 2. The molecule has 0 spiro atoms. The largest absolute Gasteiger partial charge is 0.398 e. The van der Waals surface area contributed by atoms with Crippen LogP contribution < -0.4 is 10.6 Å². The summed E-state index contributed by atoms with van der Waals surface area (Å²) in [4.78, 5) is 1.57. The van der Waals surface area contributed by atoms with Gasteiger partial charge in [0.25, 0.3) is 0 Å². The summed E-state index contributed by atoms with van der Waals surface area (Å²) in [5, 5.41) is 14.8. The molecule has 0 amide bonds. The SMILES string of the molecule is NC1=CC(Cl)=CN(c2ccn(C3CC3)n2)C1O. The fourth-order valence-corrected chi connectivity index (χ4v) is 2.07. The highest BCUT2D eigenvalue weighted by Crippen LogP contribution is 2.35. The van der Waals surface area contributed by atoms with E-state index in [1.54, 1.807) is 17.2 Å². The van der Waals surface area contributed by atoms with Crippen LogP contribution in [0.1, 0.15) is 18.9 Å². The molecule has 0 aromatic carbocycles. The molecule has 2 heterocycles. The summed E-state index contributed by atoms with van der Waals surface area (Å²) in [5.41, 5.74) is 6.00. The lowest BCUT2D eigenvalue weighted by atomic mass is 10.2. The fraction of sp³-hybridized carbons (Fsp3) is 0.364. The van der Waals surface area contributed by atoms with Gasteiger partial charge in [-0.25, -0.2) is 0 Å². The molecule has 1 aromatic heterocycles. The first-order valence-corrected chi connectivity index (χ1v) is 5.89. The molecule has 1 aliphatic heterocycles. The van der Waals surface area contributed by atoms with Crippen LogP contribution in [0, 0.1) is 0 Å². The van der Waals surface area contributed by atoms with E-state index < -0.39 is 6.23 Å².